The number of amides is 1. The van der Waals surface area contributed by atoms with Crippen LogP contribution in [-0.4, -0.2) is 47.5 Å². The number of ether oxygens (including phenoxy) is 1. The lowest BCUT2D eigenvalue weighted by Crippen LogP contribution is -2.34. The van der Waals surface area contributed by atoms with Gasteiger partial charge in [0.05, 0.1) is 34.9 Å². The molecule has 0 spiro atoms. The van der Waals surface area contributed by atoms with Gasteiger partial charge in [0, 0.05) is 30.0 Å². The molecule has 0 bridgehead atoms. The van der Waals surface area contributed by atoms with Crippen LogP contribution in [0.3, 0.4) is 0 Å². The fourth-order valence-electron chi connectivity index (χ4n) is 3.22. The second kappa shape index (κ2) is 9.82. The topological polar surface area (TPSA) is 133 Å². The number of carbonyl (C=O) groups is 1. The first-order chi connectivity index (χ1) is 16.0. The van der Waals surface area contributed by atoms with E-state index in [2.05, 4.69) is 46.1 Å². The van der Waals surface area contributed by atoms with E-state index in [1.54, 1.807) is 47.6 Å². The molecule has 0 aliphatic heterocycles. The van der Waals surface area contributed by atoms with Gasteiger partial charge < -0.3 is 15.4 Å². The van der Waals surface area contributed by atoms with Crippen molar-refractivity contribution >= 4 is 38.7 Å². The van der Waals surface area contributed by atoms with Gasteiger partial charge >= 0.3 is 0 Å². The van der Waals surface area contributed by atoms with Crippen LogP contribution < -0.4 is 10.5 Å². The summed E-state index contributed by atoms with van der Waals surface area (Å²) in [5.74, 6) is 1.01. The Labute approximate surface area is 198 Å². The Morgan fingerprint density at radius 1 is 1.18 bits per heavy atom. The summed E-state index contributed by atoms with van der Waals surface area (Å²) < 4.78 is 5.99. The fraction of sp³-hybridized carbons (Fsp3) is 0.227. The van der Waals surface area contributed by atoms with E-state index in [0.29, 0.717) is 50.9 Å². The van der Waals surface area contributed by atoms with Crippen molar-refractivity contribution in [1.82, 2.24) is 35.0 Å². The highest BCUT2D eigenvalue weighted by molar-refractivity contribution is 9.10. The summed E-state index contributed by atoms with van der Waals surface area (Å²) in [5.41, 5.74) is 7.29. The van der Waals surface area contributed by atoms with Crippen LogP contribution in [0.1, 0.15) is 41.8 Å². The molecule has 4 aromatic heterocycles. The van der Waals surface area contributed by atoms with Gasteiger partial charge in [0.15, 0.2) is 5.65 Å². The van der Waals surface area contributed by atoms with E-state index in [1.807, 2.05) is 13.8 Å². The molecule has 0 fully saturated rings. The normalized spacial score (nSPS) is 11.8. The first kappa shape index (κ1) is 22.5. The van der Waals surface area contributed by atoms with Crippen molar-refractivity contribution in [2.24, 2.45) is 0 Å². The average molecular weight is 509 g/mol. The van der Waals surface area contributed by atoms with Crippen LogP contribution in [0.5, 0.6) is 5.88 Å². The first-order valence-electron chi connectivity index (χ1n) is 10.2. The fourth-order valence-corrected chi connectivity index (χ4v) is 3.55. The van der Waals surface area contributed by atoms with Gasteiger partial charge in [-0.05, 0) is 54.0 Å². The van der Waals surface area contributed by atoms with Crippen LogP contribution in [0.15, 0.2) is 53.4 Å². The van der Waals surface area contributed by atoms with Crippen LogP contribution >= 0.6 is 15.9 Å². The molecular weight excluding hydrogens is 488 g/mol. The summed E-state index contributed by atoms with van der Waals surface area (Å²) in [5, 5.41) is 8.96. The summed E-state index contributed by atoms with van der Waals surface area (Å²) in [6.07, 6.45) is 4.77. The number of halogens is 1. The summed E-state index contributed by atoms with van der Waals surface area (Å²) >= 11 is 3.37. The zero-order valence-electron chi connectivity index (χ0n) is 18.0. The molecule has 0 aromatic carbocycles. The van der Waals surface area contributed by atoms with E-state index in [-0.39, 0.29) is 12.5 Å². The molecule has 0 saturated heterocycles. The molecule has 1 unspecified atom stereocenters. The number of pyridine rings is 2. The predicted molar refractivity (Wildman–Crippen MR) is 125 cm³/mol. The highest BCUT2D eigenvalue weighted by Crippen LogP contribution is 2.25. The highest BCUT2D eigenvalue weighted by atomic mass is 79.9. The SMILES string of the molecule is CCOc1ccc(CN(C(=O)c2cnc3nc(N)c(Br)cc3c2)C(C)c2ncccn2)nn1. The number of fused-ring (bicyclic) bond motifs is 1. The lowest BCUT2D eigenvalue weighted by atomic mass is 10.1. The molecule has 1 atom stereocenters. The second-order valence-electron chi connectivity index (χ2n) is 7.14. The number of hydrogen-bond donors (Lipinski definition) is 1. The van der Waals surface area contributed by atoms with Gasteiger partial charge in [-0.25, -0.2) is 19.9 Å². The van der Waals surface area contributed by atoms with Crippen molar-refractivity contribution in [2.75, 3.05) is 12.3 Å². The van der Waals surface area contributed by atoms with Crippen LogP contribution in [0, 0.1) is 0 Å². The molecule has 10 nitrogen and oxygen atoms in total. The van der Waals surface area contributed by atoms with Crippen LogP contribution in [0.25, 0.3) is 11.0 Å². The molecule has 4 heterocycles. The van der Waals surface area contributed by atoms with Crippen LogP contribution in [0.2, 0.25) is 0 Å². The third kappa shape index (κ3) is 5.03. The number of nitrogens with zero attached hydrogens (tertiary/aromatic N) is 7. The highest BCUT2D eigenvalue weighted by Gasteiger charge is 2.26. The molecule has 4 rings (SSSR count). The number of anilines is 1. The third-order valence-corrected chi connectivity index (χ3v) is 5.54. The van der Waals surface area contributed by atoms with Gasteiger partial charge in [-0.15, -0.1) is 5.10 Å². The molecule has 11 heteroatoms. The smallest absolute Gasteiger partial charge is 0.256 e. The van der Waals surface area contributed by atoms with Gasteiger partial charge in [-0.3, -0.25) is 4.79 Å². The Morgan fingerprint density at radius 3 is 2.67 bits per heavy atom. The van der Waals surface area contributed by atoms with Gasteiger partial charge in [0.1, 0.15) is 11.6 Å². The Balaban J connectivity index is 1.69. The average Bonchev–Trinajstić information content (AvgIpc) is 2.84. The quantitative estimate of drug-likeness (QED) is 0.398. The van der Waals surface area contributed by atoms with E-state index in [0.717, 1.165) is 0 Å². The van der Waals surface area contributed by atoms with Crippen molar-refractivity contribution in [2.45, 2.75) is 26.4 Å². The zero-order valence-corrected chi connectivity index (χ0v) is 19.6. The summed E-state index contributed by atoms with van der Waals surface area (Å²) in [7, 11) is 0. The van der Waals surface area contributed by atoms with Gasteiger partial charge in [0.25, 0.3) is 5.91 Å². The first-order valence-corrected chi connectivity index (χ1v) is 11.0. The van der Waals surface area contributed by atoms with E-state index in [1.165, 1.54) is 6.20 Å². The van der Waals surface area contributed by atoms with Crippen molar-refractivity contribution in [1.29, 1.82) is 0 Å². The molecule has 0 aliphatic rings. The molecule has 0 aliphatic carbocycles. The Bertz CT molecular complexity index is 1270. The standard InChI is InChI=1S/C22H21BrN8O2/c1-3-33-18-6-5-16(29-30-18)12-31(13(2)20-25-7-4-8-26-20)22(32)15-9-14-10-17(23)19(24)28-21(14)27-11-15/h4-11,13H,3,12H2,1-2H3,(H2,24,27,28). The summed E-state index contributed by atoms with van der Waals surface area (Å²) in [6, 6.07) is 8.32. The predicted octanol–water partition coefficient (Wildman–Crippen LogP) is 3.36. The van der Waals surface area contributed by atoms with Gasteiger partial charge in [0.2, 0.25) is 5.88 Å². The summed E-state index contributed by atoms with van der Waals surface area (Å²) in [6.45, 7) is 4.42. The lowest BCUT2D eigenvalue weighted by Gasteiger charge is -2.28. The molecule has 0 saturated carbocycles. The minimum Gasteiger partial charge on any atom is -0.477 e. The maximum atomic E-state index is 13.6. The number of nitrogen functional groups attached to an aromatic ring is 1. The zero-order chi connectivity index (χ0) is 23.4. The maximum Gasteiger partial charge on any atom is 0.256 e. The third-order valence-electron chi connectivity index (χ3n) is 4.90. The van der Waals surface area contributed by atoms with E-state index in [9.17, 15) is 4.79 Å². The Hall–Kier alpha value is -3.73. The number of nitrogens with two attached hydrogens (primary N) is 1. The number of carbonyl (C=O) groups excluding carboxylic acids is 1. The van der Waals surface area contributed by atoms with Crippen molar-refractivity contribution in [3.63, 3.8) is 0 Å². The molecule has 0 radical (unpaired) electrons. The molecular formula is C22H21BrN8O2. The van der Waals surface area contributed by atoms with Crippen molar-refractivity contribution < 1.29 is 9.53 Å². The van der Waals surface area contributed by atoms with Gasteiger partial charge in [-0.2, -0.15) is 5.10 Å². The van der Waals surface area contributed by atoms with Crippen LogP contribution in [-0.2, 0) is 6.54 Å². The van der Waals surface area contributed by atoms with Crippen LogP contribution in [0.4, 0.5) is 5.82 Å². The van der Waals surface area contributed by atoms with E-state index in [4.69, 9.17) is 10.5 Å². The minimum absolute atomic E-state index is 0.194. The van der Waals surface area contributed by atoms with Crippen molar-refractivity contribution in [3.05, 3.63) is 70.5 Å². The molecule has 168 valence electrons. The molecule has 1 amide bonds. The van der Waals surface area contributed by atoms with Crippen molar-refractivity contribution in [3.8, 4) is 5.88 Å². The Morgan fingerprint density at radius 2 is 1.97 bits per heavy atom. The number of rotatable bonds is 7. The number of aromatic nitrogens is 6. The maximum absolute atomic E-state index is 13.6. The number of hydrogen-bond acceptors (Lipinski definition) is 9. The van der Waals surface area contributed by atoms with Gasteiger partial charge in [-0.1, -0.05) is 0 Å². The second-order valence-corrected chi connectivity index (χ2v) is 7.99. The van der Waals surface area contributed by atoms with E-state index < -0.39 is 6.04 Å². The summed E-state index contributed by atoms with van der Waals surface area (Å²) in [4.78, 5) is 32.5. The molecule has 2 N–H and O–H groups in total. The molecule has 33 heavy (non-hydrogen) atoms. The minimum atomic E-state index is -0.431. The lowest BCUT2D eigenvalue weighted by molar-refractivity contribution is 0.0662. The molecule has 4 aromatic rings. The monoisotopic (exact) mass is 508 g/mol. The largest absolute Gasteiger partial charge is 0.477 e. The Kier molecular flexibility index (Phi) is 6.68. The van der Waals surface area contributed by atoms with E-state index >= 15 is 0 Å².